The van der Waals surface area contributed by atoms with E-state index < -0.39 is 0 Å². The van der Waals surface area contributed by atoms with Crippen molar-refractivity contribution in [3.05, 3.63) is 36.4 Å². The van der Waals surface area contributed by atoms with Gasteiger partial charge in [0.15, 0.2) is 0 Å². The molecule has 2 aromatic heterocycles. The maximum absolute atomic E-state index is 4.26. The lowest BCUT2D eigenvalue weighted by molar-refractivity contribution is 0.699. The summed E-state index contributed by atoms with van der Waals surface area (Å²) in [4.78, 5) is 22.3. The largest absolute Gasteiger partial charge is 0.344 e. The summed E-state index contributed by atoms with van der Waals surface area (Å²) in [5.41, 5.74) is 1.84. The summed E-state index contributed by atoms with van der Waals surface area (Å²) >= 11 is 0. The van der Waals surface area contributed by atoms with Crippen LogP contribution in [0.2, 0.25) is 0 Å². The maximum atomic E-state index is 4.26. The molecule has 2 aromatic rings. The molecule has 0 saturated heterocycles. The van der Waals surface area contributed by atoms with E-state index >= 15 is 0 Å². The number of aliphatic imine (C=N–C) groups is 2. The van der Waals surface area contributed by atoms with E-state index in [9.17, 15) is 0 Å². The molecule has 0 aromatic carbocycles. The van der Waals surface area contributed by atoms with E-state index in [-0.39, 0.29) is 0 Å². The summed E-state index contributed by atoms with van der Waals surface area (Å²) in [5, 5.41) is 3.27. The lowest BCUT2D eigenvalue weighted by Gasteiger charge is -1.98. The molecule has 0 bridgehead atoms. The molecule has 7 nitrogen and oxygen atoms in total. The molecule has 0 unspecified atom stereocenters. The van der Waals surface area contributed by atoms with Crippen LogP contribution in [-0.2, 0) is 0 Å². The summed E-state index contributed by atoms with van der Waals surface area (Å²) in [5.74, 6) is 0. The van der Waals surface area contributed by atoms with Crippen molar-refractivity contribution < 1.29 is 0 Å². The van der Waals surface area contributed by atoms with E-state index in [1.165, 1.54) is 0 Å². The predicted molar refractivity (Wildman–Crippen MR) is 75.0 cm³/mol. The van der Waals surface area contributed by atoms with Gasteiger partial charge in [-0.3, -0.25) is 9.98 Å². The van der Waals surface area contributed by atoms with E-state index in [4.69, 9.17) is 0 Å². The van der Waals surface area contributed by atoms with Gasteiger partial charge in [-0.05, 0) is 0 Å². The summed E-state index contributed by atoms with van der Waals surface area (Å²) in [7, 11) is 0. The average molecular weight is 259 g/mol. The summed E-state index contributed by atoms with van der Waals surface area (Å²) in [6, 6.07) is 0. The first-order valence-corrected chi connectivity index (χ1v) is 6.12. The van der Waals surface area contributed by atoms with E-state index in [2.05, 4.69) is 35.2 Å². The van der Waals surface area contributed by atoms with E-state index in [0.717, 1.165) is 37.6 Å². The Morgan fingerprint density at radius 3 is 1.89 bits per heavy atom. The Morgan fingerprint density at radius 1 is 0.947 bits per heavy atom. The number of nitrogens with zero attached hydrogens (tertiary/aromatic N) is 4. The molecule has 0 aliphatic carbocycles. The zero-order chi connectivity index (χ0) is 13.2. The van der Waals surface area contributed by atoms with E-state index in [0.29, 0.717) is 0 Å². The van der Waals surface area contributed by atoms with Crippen LogP contribution in [-0.4, -0.2) is 58.5 Å². The second-order valence-corrected chi connectivity index (χ2v) is 3.83. The van der Waals surface area contributed by atoms with Gasteiger partial charge in [0.05, 0.1) is 49.5 Å². The highest BCUT2D eigenvalue weighted by molar-refractivity contribution is 5.76. The maximum Gasteiger partial charge on any atom is 0.0924 e. The molecule has 19 heavy (non-hydrogen) atoms. The summed E-state index contributed by atoms with van der Waals surface area (Å²) in [6.45, 7) is 3.15. The fourth-order valence-corrected chi connectivity index (χ4v) is 1.41. The standard InChI is InChI=1S/C12H17N7/c1(3-14-5-11-7-16-9-18-11)13-2-4-15-6-12-8-17-10-19-12/h5-10,13H,1-4H2,(H,16,18)(H,17,19). The minimum absolute atomic E-state index is 0.739. The van der Waals surface area contributed by atoms with Crippen molar-refractivity contribution in [1.82, 2.24) is 25.3 Å². The van der Waals surface area contributed by atoms with Gasteiger partial charge < -0.3 is 15.3 Å². The van der Waals surface area contributed by atoms with Crippen molar-refractivity contribution in [3.8, 4) is 0 Å². The lowest BCUT2D eigenvalue weighted by atomic mass is 10.5. The molecular formula is C12H17N7. The molecule has 7 heteroatoms. The number of hydrogen-bond donors (Lipinski definition) is 3. The van der Waals surface area contributed by atoms with Gasteiger partial charge in [-0.15, -0.1) is 0 Å². The Morgan fingerprint density at radius 2 is 1.47 bits per heavy atom. The number of hydrogen-bond acceptors (Lipinski definition) is 5. The number of aromatic nitrogens is 4. The third-order valence-electron chi connectivity index (χ3n) is 2.33. The van der Waals surface area contributed by atoms with Gasteiger partial charge in [-0.2, -0.15) is 0 Å². The molecule has 0 saturated carbocycles. The van der Waals surface area contributed by atoms with Crippen LogP contribution in [0.5, 0.6) is 0 Å². The highest BCUT2D eigenvalue weighted by atomic mass is 14.9. The minimum Gasteiger partial charge on any atom is -0.344 e. The molecule has 0 radical (unpaired) electrons. The Hall–Kier alpha value is -2.28. The van der Waals surface area contributed by atoms with Crippen molar-refractivity contribution >= 4 is 12.4 Å². The van der Waals surface area contributed by atoms with Crippen molar-refractivity contribution in [3.63, 3.8) is 0 Å². The number of rotatable bonds is 8. The average Bonchev–Trinajstić information content (AvgIpc) is 3.10. The first kappa shape index (κ1) is 13.2. The third kappa shape index (κ3) is 5.26. The Kier molecular flexibility index (Phi) is 5.49. The van der Waals surface area contributed by atoms with Crippen LogP contribution in [0.1, 0.15) is 11.4 Å². The minimum atomic E-state index is 0.739. The Balaban J connectivity index is 1.48. The molecular weight excluding hydrogens is 242 g/mol. The second kappa shape index (κ2) is 7.93. The predicted octanol–water partition coefficient (Wildman–Crippen LogP) is 0.260. The van der Waals surface area contributed by atoms with Crippen molar-refractivity contribution in [1.29, 1.82) is 0 Å². The van der Waals surface area contributed by atoms with Crippen molar-refractivity contribution in [2.75, 3.05) is 26.2 Å². The molecule has 0 spiro atoms. The summed E-state index contributed by atoms with van der Waals surface area (Å²) < 4.78 is 0. The number of nitrogens with one attached hydrogen (secondary N) is 3. The van der Waals surface area contributed by atoms with Crippen LogP contribution >= 0.6 is 0 Å². The van der Waals surface area contributed by atoms with Gasteiger partial charge in [0.2, 0.25) is 0 Å². The van der Waals surface area contributed by atoms with Gasteiger partial charge >= 0.3 is 0 Å². The molecule has 0 fully saturated rings. The van der Waals surface area contributed by atoms with Crippen LogP contribution in [0.4, 0.5) is 0 Å². The first-order valence-electron chi connectivity index (χ1n) is 6.12. The topological polar surface area (TPSA) is 94.1 Å². The van der Waals surface area contributed by atoms with Crippen LogP contribution < -0.4 is 5.32 Å². The van der Waals surface area contributed by atoms with Gasteiger partial charge in [-0.1, -0.05) is 0 Å². The van der Waals surface area contributed by atoms with Crippen LogP contribution in [0.3, 0.4) is 0 Å². The third-order valence-corrected chi connectivity index (χ3v) is 2.33. The highest BCUT2D eigenvalue weighted by Crippen LogP contribution is 1.85. The Bertz CT molecular complexity index is 438. The first-order chi connectivity index (χ1) is 9.45. The van der Waals surface area contributed by atoms with Gasteiger partial charge in [0.1, 0.15) is 0 Å². The molecule has 0 aliphatic heterocycles. The number of imidazole rings is 2. The lowest BCUT2D eigenvalue weighted by Crippen LogP contribution is -2.20. The van der Waals surface area contributed by atoms with Crippen LogP contribution in [0.15, 0.2) is 35.0 Å². The van der Waals surface area contributed by atoms with E-state index in [1.54, 1.807) is 37.5 Å². The SMILES string of the molecule is C(=NCCNCCN=Cc1cnc[nH]1)c1cnc[nH]1. The quantitative estimate of drug-likeness (QED) is 0.469. The molecule has 0 atom stereocenters. The smallest absolute Gasteiger partial charge is 0.0924 e. The Labute approximate surface area is 111 Å². The molecule has 3 N–H and O–H groups in total. The monoisotopic (exact) mass is 259 g/mol. The van der Waals surface area contributed by atoms with Gasteiger partial charge in [0, 0.05) is 25.5 Å². The second-order valence-electron chi connectivity index (χ2n) is 3.83. The zero-order valence-electron chi connectivity index (χ0n) is 10.6. The van der Waals surface area contributed by atoms with Crippen LogP contribution in [0.25, 0.3) is 0 Å². The van der Waals surface area contributed by atoms with Gasteiger partial charge in [0.25, 0.3) is 0 Å². The van der Waals surface area contributed by atoms with Crippen molar-refractivity contribution in [2.24, 2.45) is 9.98 Å². The molecule has 0 aliphatic rings. The van der Waals surface area contributed by atoms with Crippen molar-refractivity contribution in [2.45, 2.75) is 0 Å². The normalized spacial score (nSPS) is 11.8. The number of aromatic amines is 2. The summed E-state index contributed by atoms with van der Waals surface area (Å²) in [6.07, 6.45) is 10.3. The zero-order valence-corrected chi connectivity index (χ0v) is 10.6. The molecule has 2 heterocycles. The van der Waals surface area contributed by atoms with Crippen LogP contribution in [0, 0.1) is 0 Å². The fourth-order valence-electron chi connectivity index (χ4n) is 1.41. The van der Waals surface area contributed by atoms with E-state index in [1.807, 2.05) is 0 Å². The number of H-pyrrole nitrogens is 2. The molecule has 2 rings (SSSR count). The molecule has 100 valence electrons. The molecule has 0 amide bonds. The highest BCUT2D eigenvalue weighted by Gasteiger charge is 1.88. The van der Waals surface area contributed by atoms with Gasteiger partial charge in [-0.25, -0.2) is 9.97 Å². The fraction of sp³-hybridized carbons (Fsp3) is 0.333.